The fourth-order valence-electron chi connectivity index (χ4n) is 2.51. The molecule has 0 heterocycles. The highest BCUT2D eigenvalue weighted by molar-refractivity contribution is 5.16. The van der Waals surface area contributed by atoms with E-state index in [9.17, 15) is 5.26 Å². The number of rotatable bonds is 7. The van der Waals surface area contributed by atoms with Gasteiger partial charge in [0, 0.05) is 12.0 Å². The van der Waals surface area contributed by atoms with Gasteiger partial charge in [-0.05, 0) is 36.2 Å². The van der Waals surface area contributed by atoms with Crippen molar-refractivity contribution in [3.63, 3.8) is 0 Å². The Kier molecular flexibility index (Phi) is 6.75. The summed E-state index contributed by atoms with van der Waals surface area (Å²) >= 11 is 0. The summed E-state index contributed by atoms with van der Waals surface area (Å²) in [5.74, 6) is 1.43. The zero-order valence-electron chi connectivity index (χ0n) is 13.2. The Labute approximate surface area is 124 Å². The highest BCUT2D eigenvalue weighted by Crippen LogP contribution is 2.27. The minimum atomic E-state index is 0.104. The molecule has 0 spiro atoms. The van der Waals surface area contributed by atoms with Gasteiger partial charge in [0.05, 0.1) is 6.07 Å². The van der Waals surface area contributed by atoms with E-state index in [1.165, 1.54) is 5.56 Å². The Morgan fingerprint density at radius 3 is 2.20 bits per heavy atom. The predicted octanol–water partition coefficient (Wildman–Crippen LogP) is 4.01. The van der Waals surface area contributed by atoms with E-state index in [2.05, 4.69) is 45.9 Å². The lowest BCUT2D eigenvalue weighted by Gasteiger charge is -2.27. The third-order valence-corrected chi connectivity index (χ3v) is 4.52. The maximum absolute atomic E-state index is 9.37. The maximum Gasteiger partial charge on any atom is 0.0658 e. The van der Waals surface area contributed by atoms with Crippen molar-refractivity contribution in [2.75, 3.05) is 0 Å². The van der Waals surface area contributed by atoms with Gasteiger partial charge in [0.25, 0.3) is 0 Å². The molecule has 0 aliphatic rings. The predicted molar refractivity (Wildman–Crippen MR) is 85.0 cm³/mol. The molecule has 2 heteroatoms. The van der Waals surface area contributed by atoms with E-state index in [-0.39, 0.29) is 12.0 Å². The van der Waals surface area contributed by atoms with Crippen molar-refractivity contribution in [2.24, 2.45) is 29.4 Å². The SMILES string of the molecule is CC(C)[C@@H](C)C(C#N)C[C@H](C)[C@@H](N)Cc1ccccc1. The highest BCUT2D eigenvalue weighted by atomic mass is 14.6. The molecule has 1 aromatic carbocycles. The third kappa shape index (κ3) is 4.98. The van der Waals surface area contributed by atoms with Crippen LogP contribution in [0.4, 0.5) is 0 Å². The Morgan fingerprint density at radius 1 is 1.10 bits per heavy atom. The third-order valence-electron chi connectivity index (χ3n) is 4.52. The second-order valence-electron chi connectivity index (χ2n) is 6.41. The van der Waals surface area contributed by atoms with Crippen LogP contribution in [-0.2, 0) is 6.42 Å². The first-order chi connectivity index (χ1) is 9.45. The quantitative estimate of drug-likeness (QED) is 0.815. The largest absolute Gasteiger partial charge is 0.327 e. The van der Waals surface area contributed by atoms with Crippen molar-refractivity contribution < 1.29 is 0 Å². The molecule has 0 saturated heterocycles. The van der Waals surface area contributed by atoms with Gasteiger partial charge in [-0.15, -0.1) is 0 Å². The first-order valence-electron chi connectivity index (χ1n) is 7.64. The summed E-state index contributed by atoms with van der Waals surface area (Å²) in [6.45, 7) is 8.71. The normalized spacial score (nSPS) is 17.2. The number of nitrogens with zero attached hydrogens (tertiary/aromatic N) is 1. The van der Waals surface area contributed by atoms with Crippen LogP contribution in [0.5, 0.6) is 0 Å². The van der Waals surface area contributed by atoms with Gasteiger partial charge in [-0.3, -0.25) is 0 Å². The fraction of sp³-hybridized carbons (Fsp3) is 0.611. The van der Waals surface area contributed by atoms with Gasteiger partial charge in [-0.1, -0.05) is 58.0 Å². The molecule has 0 saturated carbocycles. The van der Waals surface area contributed by atoms with Crippen LogP contribution in [-0.4, -0.2) is 6.04 Å². The van der Waals surface area contributed by atoms with Crippen molar-refractivity contribution >= 4 is 0 Å². The summed E-state index contributed by atoms with van der Waals surface area (Å²) in [5, 5.41) is 9.37. The Hall–Kier alpha value is -1.33. The maximum atomic E-state index is 9.37. The zero-order valence-corrected chi connectivity index (χ0v) is 13.2. The van der Waals surface area contributed by atoms with E-state index in [0.717, 1.165) is 12.8 Å². The lowest BCUT2D eigenvalue weighted by molar-refractivity contribution is 0.268. The summed E-state index contributed by atoms with van der Waals surface area (Å²) in [7, 11) is 0. The highest BCUT2D eigenvalue weighted by Gasteiger charge is 2.24. The number of hydrogen-bond donors (Lipinski definition) is 1. The number of nitriles is 1. The molecule has 1 rings (SSSR count). The molecular weight excluding hydrogens is 244 g/mol. The molecule has 0 aliphatic carbocycles. The van der Waals surface area contributed by atoms with Crippen molar-refractivity contribution in [2.45, 2.75) is 46.6 Å². The second kappa shape index (κ2) is 8.07. The van der Waals surface area contributed by atoms with E-state index >= 15 is 0 Å². The summed E-state index contributed by atoms with van der Waals surface area (Å²) in [4.78, 5) is 0. The average molecular weight is 272 g/mol. The van der Waals surface area contributed by atoms with Gasteiger partial charge < -0.3 is 5.73 Å². The molecule has 110 valence electrons. The molecule has 0 radical (unpaired) electrons. The number of nitrogens with two attached hydrogens (primary N) is 1. The Bertz CT molecular complexity index is 419. The van der Waals surface area contributed by atoms with Crippen molar-refractivity contribution in [3.8, 4) is 6.07 Å². The van der Waals surface area contributed by atoms with Crippen molar-refractivity contribution in [1.82, 2.24) is 0 Å². The minimum Gasteiger partial charge on any atom is -0.327 e. The Balaban J connectivity index is 2.56. The molecule has 2 N–H and O–H groups in total. The van der Waals surface area contributed by atoms with Gasteiger partial charge in [0.2, 0.25) is 0 Å². The van der Waals surface area contributed by atoms with Crippen LogP contribution in [0.25, 0.3) is 0 Å². The molecule has 0 aliphatic heterocycles. The van der Waals surface area contributed by atoms with Crippen LogP contribution < -0.4 is 5.73 Å². The molecular formula is C18H28N2. The van der Waals surface area contributed by atoms with Gasteiger partial charge in [-0.2, -0.15) is 5.26 Å². The Morgan fingerprint density at radius 2 is 1.70 bits per heavy atom. The lowest BCUT2D eigenvalue weighted by Crippen LogP contribution is -2.33. The van der Waals surface area contributed by atoms with Crippen LogP contribution in [0.15, 0.2) is 30.3 Å². The minimum absolute atomic E-state index is 0.104. The summed E-state index contributed by atoms with van der Waals surface area (Å²) in [5.41, 5.74) is 7.59. The van der Waals surface area contributed by atoms with Gasteiger partial charge in [0.15, 0.2) is 0 Å². The van der Waals surface area contributed by atoms with Crippen LogP contribution in [0.1, 0.15) is 39.7 Å². The molecule has 1 unspecified atom stereocenters. The number of hydrogen-bond acceptors (Lipinski definition) is 2. The van der Waals surface area contributed by atoms with Crippen LogP contribution >= 0.6 is 0 Å². The van der Waals surface area contributed by atoms with E-state index in [1.54, 1.807) is 0 Å². The van der Waals surface area contributed by atoms with Crippen LogP contribution in [0.3, 0.4) is 0 Å². The number of benzene rings is 1. The second-order valence-corrected chi connectivity index (χ2v) is 6.41. The molecule has 2 nitrogen and oxygen atoms in total. The van der Waals surface area contributed by atoms with Crippen molar-refractivity contribution in [1.29, 1.82) is 5.26 Å². The molecule has 1 aromatic rings. The van der Waals surface area contributed by atoms with E-state index in [0.29, 0.717) is 17.8 Å². The topological polar surface area (TPSA) is 49.8 Å². The average Bonchev–Trinajstić information content (AvgIpc) is 2.44. The van der Waals surface area contributed by atoms with E-state index < -0.39 is 0 Å². The zero-order chi connectivity index (χ0) is 15.1. The summed E-state index contributed by atoms with van der Waals surface area (Å²) in [6.07, 6.45) is 1.78. The first kappa shape index (κ1) is 16.7. The molecule has 0 bridgehead atoms. The monoisotopic (exact) mass is 272 g/mol. The summed E-state index contributed by atoms with van der Waals surface area (Å²) in [6, 6.07) is 12.9. The first-order valence-corrected chi connectivity index (χ1v) is 7.64. The standard InChI is InChI=1S/C18H28N2/c1-13(2)15(4)17(12-19)10-14(3)18(20)11-16-8-6-5-7-9-16/h5-9,13-15,17-18H,10-11,20H2,1-4H3/t14-,15+,17?,18-/m0/s1. The molecule has 0 amide bonds. The lowest BCUT2D eigenvalue weighted by atomic mass is 9.78. The molecule has 0 fully saturated rings. The van der Waals surface area contributed by atoms with Gasteiger partial charge in [-0.25, -0.2) is 0 Å². The summed E-state index contributed by atoms with van der Waals surface area (Å²) < 4.78 is 0. The van der Waals surface area contributed by atoms with Crippen molar-refractivity contribution in [3.05, 3.63) is 35.9 Å². The smallest absolute Gasteiger partial charge is 0.0658 e. The fourth-order valence-corrected chi connectivity index (χ4v) is 2.51. The van der Waals surface area contributed by atoms with Crippen LogP contribution in [0.2, 0.25) is 0 Å². The van der Waals surface area contributed by atoms with Crippen LogP contribution in [0, 0.1) is 35.0 Å². The molecule has 20 heavy (non-hydrogen) atoms. The molecule has 4 atom stereocenters. The van der Waals surface area contributed by atoms with Gasteiger partial charge in [0.1, 0.15) is 0 Å². The van der Waals surface area contributed by atoms with E-state index in [1.807, 2.05) is 18.2 Å². The van der Waals surface area contributed by atoms with E-state index in [4.69, 9.17) is 5.73 Å². The molecule has 0 aromatic heterocycles. The van der Waals surface area contributed by atoms with Gasteiger partial charge >= 0.3 is 0 Å².